The number of halogens is 1. The summed E-state index contributed by atoms with van der Waals surface area (Å²) in [6.07, 6.45) is 3.06. The summed E-state index contributed by atoms with van der Waals surface area (Å²) in [5, 5.41) is 2.86. The van der Waals surface area contributed by atoms with Crippen molar-refractivity contribution in [3.63, 3.8) is 0 Å². The standard InChI is InChI=1S/C15H22N2O3.ClH/c16-13-4-1-3-12(11-13)15(18)17-7-2-8-20-14-5-9-19-10-6-14;/h1,3-4,11,14H,2,5-10,16H2,(H,17,18);1H. The molecule has 1 amide bonds. The Labute approximate surface area is 131 Å². The Morgan fingerprint density at radius 3 is 2.86 bits per heavy atom. The van der Waals surface area contributed by atoms with E-state index in [-0.39, 0.29) is 18.3 Å². The van der Waals surface area contributed by atoms with E-state index in [1.54, 1.807) is 24.3 Å². The molecule has 0 aromatic heterocycles. The van der Waals surface area contributed by atoms with Crippen LogP contribution < -0.4 is 11.1 Å². The van der Waals surface area contributed by atoms with Gasteiger partial charge < -0.3 is 20.5 Å². The maximum atomic E-state index is 11.8. The van der Waals surface area contributed by atoms with Gasteiger partial charge in [0.25, 0.3) is 5.91 Å². The van der Waals surface area contributed by atoms with Gasteiger partial charge in [-0.15, -0.1) is 12.4 Å². The molecular formula is C15H23ClN2O3. The lowest BCUT2D eigenvalue weighted by Gasteiger charge is -2.22. The van der Waals surface area contributed by atoms with Crippen LogP contribution in [0, 0.1) is 0 Å². The summed E-state index contributed by atoms with van der Waals surface area (Å²) in [5.41, 5.74) is 6.84. The van der Waals surface area contributed by atoms with Crippen molar-refractivity contribution in [3.8, 4) is 0 Å². The lowest BCUT2D eigenvalue weighted by Crippen LogP contribution is -2.27. The predicted octanol–water partition coefficient (Wildman–Crippen LogP) is 2.01. The molecule has 5 nitrogen and oxygen atoms in total. The number of carbonyl (C=O) groups excluding carboxylic acids is 1. The van der Waals surface area contributed by atoms with E-state index in [4.69, 9.17) is 15.2 Å². The third kappa shape index (κ3) is 6.33. The van der Waals surface area contributed by atoms with Gasteiger partial charge in [0.05, 0.1) is 6.10 Å². The van der Waals surface area contributed by atoms with E-state index < -0.39 is 0 Å². The van der Waals surface area contributed by atoms with Gasteiger partial charge in [0.15, 0.2) is 0 Å². The van der Waals surface area contributed by atoms with Crippen LogP contribution in [0.15, 0.2) is 24.3 Å². The number of benzene rings is 1. The highest BCUT2D eigenvalue weighted by atomic mass is 35.5. The molecule has 1 heterocycles. The molecule has 0 atom stereocenters. The summed E-state index contributed by atoms with van der Waals surface area (Å²) < 4.78 is 11.0. The van der Waals surface area contributed by atoms with E-state index in [9.17, 15) is 4.79 Å². The second kappa shape index (κ2) is 9.60. The topological polar surface area (TPSA) is 73.6 Å². The average Bonchev–Trinajstić information content (AvgIpc) is 2.48. The summed E-state index contributed by atoms with van der Waals surface area (Å²) in [7, 11) is 0. The van der Waals surface area contributed by atoms with Crippen molar-refractivity contribution in [2.45, 2.75) is 25.4 Å². The van der Waals surface area contributed by atoms with Gasteiger partial charge in [0.1, 0.15) is 0 Å². The Bertz CT molecular complexity index is 437. The van der Waals surface area contributed by atoms with Crippen molar-refractivity contribution >= 4 is 24.0 Å². The fraction of sp³-hybridized carbons (Fsp3) is 0.533. The first kappa shape index (κ1) is 17.8. The van der Waals surface area contributed by atoms with Crippen molar-refractivity contribution in [2.24, 2.45) is 0 Å². The van der Waals surface area contributed by atoms with Gasteiger partial charge in [-0.2, -0.15) is 0 Å². The van der Waals surface area contributed by atoms with Gasteiger partial charge in [-0.25, -0.2) is 0 Å². The quantitative estimate of drug-likeness (QED) is 0.622. The fourth-order valence-corrected chi connectivity index (χ4v) is 2.15. The summed E-state index contributed by atoms with van der Waals surface area (Å²) >= 11 is 0. The van der Waals surface area contributed by atoms with E-state index in [0.717, 1.165) is 32.5 Å². The van der Waals surface area contributed by atoms with Crippen LogP contribution in [0.25, 0.3) is 0 Å². The van der Waals surface area contributed by atoms with Gasteiger partial charge in [-0.05, 0) is 37.5 Å². The molecule has 1 aromatic carbocycles. The van der Waals surface area contributed by atoms with Crippen molar-refractivity contribution < 1.29 is 14.3 Å². The van der Waals surface area contributed by atoms with Gasteiger partial charge >= 0.3 is 0 Å². The zero-order valence-electron chi connectivity index (χ0n) is 12.0. The Kier molecular flexibility index (Phi) is 8.12. The van der Waals surface area contributed by atoms with Crippen molar-refractivity contribution in [1.82, 2.24) is 5.32 Å². The third-order valence-corrected chi connectivity index (χ3v) is 3.28. The number of carbonyl (C=O) groups is 1. The van der Waals surface area contributed by atoms with Crippen molar-refractivity contribution in [3.05, 3.63) is 29.8 Å². The molecule has 118 valence electrons. The number of hydrogen-bond acceptors (Lipinski definition) is 4. The summed E-state index contributed by atoms with van der Waals surface area (Å²) in [4.78, 5) is 11.8. The minimum atomic E-state index is -0.0941. The van der Waals surface area contributed by atoms with Crippen molar-refractivity contribution in [2.75, 3.05) is 32.1 Å². The summed E-state index contributed by atoms with van der Waals surface area (Å²) in [6, 6.07) is 6.97. The second-order valence-electron chi connectivity index (χ2n) is 4.92. The molecule has 21 heavy (non-hydrogen) atoms. The van der Waals surface area contributed by atoms with E-state index >= 15 is 0 Å². The fourth-order valence-electron chi connectivity index (χ4n) is 2.15. The van der Waals surface area contributed by atoms with Crippen molar-refractivity contribution in [1.29, 1.82) is 0 Å². The number of nitrogens with two attached hydrogens (primary N) is 1. The van der Waals surface area contributed by atoms with Gasteiger partial charge in [-0.3, -0.25) is 4.79 Å². The maximum Gasteiger partial charge on any atom is 0.251 e. The Morgan fingerprint density at radius 1 is 1.38 bits per heavy atom. The summed E-state index contributed by atoms with van der Waals surface area (Å²) in [6.45, 7) is 2.85. The first-order chi connectivity index (χ1) is 9.75. The lowest BCUT2D eigenvalue weighted by atomic mass is 10.1. The number of nitrogens with one attached hydrogen (secondary N) is 1. The molecule has 1 aliphatic heterocycles. The molecule has 0 aliphatic carbocycles. The van der Waals surface area contributed by atoms with Crippen LogP contribution in [0.5, 0.6) is 0 Å². The molecule has 0 saturated carbocycles. The number of hydrogen-bond donors (Lipinski definition) is 2. The number of ether oxygens (including phenoxy) is 2. The summed E-state index contributed by atoms with van der Waals surface area (Å²) in [5.74, 6) is -0.0941. The molecule has 6 heteroatoms. The zero-order chi connectivity index (χ0) is 14.2. The lowest BCUT2D eigenvalue weighted by molar-refractivity contribution is -0.0321. The van der Waals surface area contributed by atoms with E-state index in [1.165, 1.54) is 0 Å². The molecule has 1 aromatic rings. The SMILES string of the molecule is Cl.Nc1cccc(C(=O)NCCCOC2CCOCC2)c1. The largest absolute Gasteiger partial charge is 0.399 e. The monoisotopic (exact) mass is 314 g/mol. The van der Waals surface area contributed by atoms with E-state index in [2.05, 4.69) is 5.32 Å². The molecule has 0 spiro atoms. The highest BCUT2D eigenvalue weighted by molar-refractivity contribution is 5.94. The van der Waals surface area contributed by atoms with Crippen LogP contribution >= 0.6 is 12.4 Å². The van der Waals surface area contributed by atoms with Crippen LogP contribution in [-0.2, 0) is 9.47 Å². The van der Waals surface area contributed by atoms with E-state index in [0.29, 0.717) is 30.5 Å². The molecule has 0 radical (unpaired) electrons. The normalized spacial score (nSPS) is 15.2. The zero-order valence-corrected chi connectivity index (χ0v) is 12.9. The van der Waals surface area contributed by atoms with Crippen LogP contribution in [0.1, 0.15) is 29.6 Å². The first-order valence-corrected chi connectivity index (χ1v) is 7.09. The van der Waals surface area contributed by atoms with Crippen LogP contribution in [0.3, 0.4) is 0 Å². The van der Waals surface area contributed by atoms with Crippen LogP contribution in [0.4, 0.5) is 5.69 Å². The van der Waals surface area contributed by atoms with Gasteiger partial charge in [-0.1, -0.05) is 6.07 Å². The highest BCUT2D eigenvalue weighted by Gasteiger charge is 2.13. The minimum absolute atomic E-state index is 0. The molecule has 0 bridgehead atoms. The average molecular weight is 315 g/mol. The highest BCUT2D eigenvalue weighted by Crippen LogP contribution is 2.10. The first-order valence-electron chi connectivity index (χ1n) is 7.09. The van der Waals surface area contributed by atoms with Crippen LogP contribution in [0.2, 0.25) is 0 Å². The molecule has 1 saturated heterocycles. The molecular weight excluding hydrogens is 292 g/mol. The maximum absolute atomic E-state index is 11.8. The third-order valence-electron chi connectivity index (χ3n) is 3.28. The second-order valence-corrected chi connectivity index (χ2v) is 4.92. The molecule has 1 aliphatic rings. The number of anilines is 1. The minimum Gasteiger partial charge on any atom is -0.399 e. The Morgan fingerprint density at radius 2 is 2.14 bits per heavy atom. The molecule has 3 N–H and O–H groups in total. The molecule has 1 fully saturated rings. The van der Waals surface area contributed by atoms with Crippen LogP contribution in [-0.4, -0.2) is 38.4 Å². The number of nitrogen functional groups attached to an aromatic ring is 1. The van der Waals surface area contributed by atoms with Gasteiger partial charge in [0, 0.05) is 37.6 Å². The number of rotatable bonds is 6. The molecule has 0 unspecified atom stereocenters. The van der Waals surface area contributed by atoms with Gasteiger partial charge in [0.2, 0.25) is 0 Å². The number of amides is 1. The Hall–Kier alpha value is -1.30. The predicted molar refractivity (Wildman–Crippen MR) is 84.8 cm³/mol. The smallest absolute Gasteiger partial charge is 0.251 e. The molecule has 2 rings (SSSR count). The van der Waals surface area contributed by atoms with E-state index in [1.807, 2.05) is 0 Å². The Balaban J connectivity index is 0.00000220.